The van der Waals surface area contributed by atoms with E-state index in [-0.39, 0.29) is 17.1 Å². The van der Waals surface area contributed by atoms with Gasteiger partial charge < -0.3 is 19.5 Å². The Hall–Kier alpha value is -3.23. The number of nitrogens with one attached hydrogen (secondary N) is 1. The van der Waals surface area contributed by atoms with Crippen molar-refractivity contribution in [3.63, 3.8) is 0 Å². The van der Waals surface area contributed by atoms with Gasteiger partial charge in [0.15, 0.2) is 27.1 Å². The van der Waals surface area contributed by atoms with E-state index in [4.69, 9.17) is 25.8 Å². The van der Waals surface area contributed by atoms with Crippen LogP contribution < -0.4 is 19.5 Å². The largest absolute Gasteiger partial charge is 0.486 e. The van der Waals surface area contributed by atoms with Gasteiger partial charge in [-0.25, -0.2) is 8.42 Å². The first-order chi connectivity index (χ1) is 15.4. The zero-order valence-corrected chi connectivity index (χ0v) is 18.5. The van der Waals surface area contributed by atoms with Gasteiger partial charge in [0.05, 0.1) is 16.3 Å². The maximum atomic E-state index is 12.7. The number of para-hydroxylation sites is 1. The molecule has 0 aliphatic carbocycles. The second kappa shape index (κ2) is 9.50. The van der Waals surface area contributed by atoms with Crippen LogP contribution in [0, 0.1) is 0 Å². The van der Waals surface area contributed by atoms with Crippen LogP contribution in [-0.4, -0.2) is 33.3 Å². The Kier molecular flexibility index (Phi) is 6.53. The molecule has 0 aromatic heterocycles. The summed E-state index contributed by atoms with van der Waals surface area (Å²) in [5, 5.41) is 3.10. The van der Waals surface area contributed by atoms with Crippen molar-refractivity contribution in [2.45, 2.75) is 11.3 Å². The third-order valence-electron chi connectivity index (χ3n) is 4.66. The van der Waals surface area contributed by atoms with Gasteiger partial charge in [-0.2, -0.15) is 0 Å². The van der Waals surface area contributed by atoms with Gasteiger partial charge in [0.2, 0.25) is 5.91 Å². The molecular formula is C23H20ClNO6S. The predicted octanol–water partition coefficient (Wildman–Crippen LogP) is 4.71. The molecule has 7 nitrogen and oxygen atoms in total. The molecule has 32 heavy (non-hydrogen) atoms. The standard InChI is InChI=1S/C23H20ClNO6S/c24-16-6-8-20(31-17-4-2-1-3-5-17)19(14-16)25-23(26)10-13-32(27,28)18-7-9-21-22(15-18)30-12-11-29-21/h1-9,14-15H,10-13H2,(H,25,26). The molecule has 4 rings (SSSR count). The van der Waals surface area contributed by atoms with Crippen molar-refractivity contribution in [2.75, 3.05) is 24.3 Å². The number of carbonyl (C=O) groups is 1. The molecule has 166 valence electrons. The summed E-state index contributed by atoms with van der Waals surface area (Å²) in [4.78, 5) is 12.6. The number of amides is 1. The van der Waals surface area contributed by atoms with Crippen LogP contribution >= 0.6 is 11.6 Å². The van der Waals surface area contributed by atoms with E-state index in [1.807, 2.05) is 18.2 Å². The van der Waals surface area contributed by atoms with Crippen LogP contribution in [0.5, 0.6) is 23.0 Å². The Balaban J connectivity index is 1.43. The van der Waals surface area contributed by atoms with Crippen molar-refractivity contribution < 1.29 is 27.4 Å². The number of ether oxygens (including phenoxy) is 3. The number of halogens is 1. The van der Waals surface area contributed by atoms with E-state index in [0.717, 1.165) is 0 Å². The minimum absolute atomic E-state index is 0.0744. The summed E-state index contributed by atoms with van der Waals surface area (Å²) < 4.78 is 42.1. The summed E-state index contributed by atoms with van der Waals surface area (Å²) in [7, 11) is -3.70. The highest BCUT2D eigenvalue weighted by Crippen LogP contribution is 2.34. The molecule has 3 aromatic carbocycles. The molecule has 0 radical (unpaired) electrons. The van der Waals surface area contributed by atoms with E-state index >= 15 is 0 Å². The molecular weight excluding hydrogens is 454 g/mol. The minimum atomic E-state index is -3.70. The molecule has 0 saturated heterocycles. The van der Waals surface area contributed by atoms with Crippen LogP contribution in [0.25, 0.3) is 0 Å². The topological polar surface area (TPSA) is 90.9 Å². The van der Waals surface area contributed by atoms with Crippen LogP contribution in [0.1, 0.15) is 6.42 Å². The predicted molar refractivity (Wildman–Crippen MR) is 121 cm³/mol. The number of fused-ring (bicyclic) bond motifs is 1. The molecule has 1 aliphatic heterocycles. The molecule has 0 fully saturated rings. The lowest BCUT2D eigenvalue weighted by Gasteiger charge is -2.18. The quantitative estimate of drug-likeness (QED) is 0.534. The molecule has 1 N–H and O–H groups in total. The highest BCUT2D eigenvalue weighted by molar-refractivity contribution is 7.91. The highest BCUT2D eigenvalue weighted by Gasteiger charge is 2.21. The van der Waals surface area contributed by atoms with Crippen LogP contribution in [0.2, 0.25) is 5.02 Å². The van der Waals surface area contributed by atoms with E-state index in [2.05, 4.69) is 5.32 Å². The fourth-order valence-corrected chi connectivity index (χ4v) is 4.50. The van der Waals surface area contributed by atoms with Gasteiger partial charge >= 0.3 is 0 Å². The van der Waals surface area contributed by atoms with Crippen molar-refractivity contribution in [1.29, 1.82) is 0 Å². The maximum Gasteiger partial charge on any atom is 0.225 e. The Morgan fingerprint density at radius 2 is 1.72 bits per heavy atom. The lowest BCUT2D eigenvalue weighted by Crippen LogP contribution is -2.19. The molecule has 1 amide bonds. The normalized spacial score (nSPS) is 12.8. The molecule has 0 saturated carbocycles. The van der Waals surface area contributed by atoms with Gasteiger partial charge in [0, 0.05) is 17.5 Å². The SMILES string of the molecule is O=C(CCS(=O)(=O)c1ccc2c(c1)OCCO2)Nc1cc(Cl)ccc1Oc1ccccc1. The third kappa shape index (κ3) is 5.33. The van der Waals surface area contributed by atoms with Gasteiger partial charge in [-0.05, 0) is 42.5 Å². The average Bonchev–Trinajstić information content (AvgIpc) is 2.80. The first-order valence-electron chi connectivity index (χ1n) is 9.85. The Morgan fingerprint density at radius 3 is 2.50 bits per heavy atom. The second-order valence-corrected chi connectivity index (χ2v) is 9.52. The number of hydrogen-bond donors (Lipinski definition) is 1. The van der Waals surface area contributed by atoms with Crippen LogP contribution in [0.15, 0.2) is 71.6 Å². The molecule has 0 bridgehead atoms. The van der Waals surface area contributed by atoms with Crippen molar-refractivity contribution >= 4 is 33.0 Å². The fourth-order valence-electron chi connectivity index (χ4n) is 3.08. The molecule has 9 heteroatoms. The number of sulfone groups is 1. The van der Waals surface area contributed by atoms with E-state index in [1.54, 1.807) is 36.4 Å². The summed E-state index contributed by atoms with van der Waals surface area (Å²) >= 11 is 6.07. The summed E-state index contributed by atoms with van der Waals surface area (Å²) in [6.07, 6.45) is -0.242. The van der Waals surface area contributed by atoms with Crippen LogP contribution in [-0.2, 0) is 14.6 Å². The lowest BCUT2D eigenvalue weighted by molar-refractivity contribution is -0.115. The molecule has 1 aliphatic rings. The van der Waals surface area contributed by atoms with Gasteiger partial charge in [-0.15, -0.1) is 0 Å². The molecule has 3 aromatic rings. The first-order valence-corrected chi connectivity index (χ1v) is 11.9. The van der Waals surface area contributed by atoms with E-state index in [9.17, 15) is 13.2 Å². The number of hydrogen-bond acceptors (Lipinski definition) is 6. The zero-order chi connectivity index (χ0) is 22.6. The van der Waals surface area contributed by atoms with Gasteiger partial charge in [-0.1, -0.05) is 29.8 Å². The van der Waals surface area contributed by atoms with Gasteiger partial charge in [0.1, 0.15) is 19.0 Å². The second-order valence-electron chi connectivity index (χ2n) is 6.98. The smallest absolute Gasteiger partial charge is 0.225 e. The van der Waals surface area contributed by atoms with Crippen molar-refractivity contribution in [3.8, 4) is 23.0 Å². The summed E-state index contributed by atoms with van der Waals surface area (Å²) in [5.41, 5.74) is 0.350. The van der Waals surface area contributed by atoms with E-state index < -0.39 is 15.7 Å². The van der Waals surface area contributed by atoms with Crippen LogP contribution in [0.4, 0.5) is 5.69 Å². The monoisotopic (exact) mass is 473 g/mol. The van der Waals surface area contributed by atoms with Crippen molar-refractivity contribution in [2.24, 2.45) is 0 Å². The van der Waals surface area contributed by atoms with Gasteiger partial charge in [-0.3, -0.25) is 4.79 Å². The average molecular weight is 474 g/mol. The minimum Gasteiger partial charge on any atom is -0.486 e. The first kappa shape index (κ1) is 22.0. The van der Waals surface area contributed by atoms with E-state index in [1.165, 1.54) is 12.1 Å². The fraction of sp³-hybridized carbons (Fsp3) is 0.174. The molecule has 0 atom stereocenters. The van der Waals surface area contributed by atoms with Gasteiger partial charge in [0.25, 0.3) is 0 Å². The van der Waals surface area contributed by atoms with Crippen molar-refractivity contribution in [1.82, 2.24) is 0 Å². The summed E-state index contributed by atoms with van der Waals surface area (Å²) in [5.74, 6) is 1.01. The summed E-state index contributed by atoms with van der Waals surface area (Å²) in [6.45, 7) is 0.769. The number of benzene rings is 3. The van der Waals surface area contributed by atoms with Crippen LogP contribution in [0.3, 0.4) is 0 Å². The molecule has 0 spiro atoms. The maximum absolute atomic E-state index is 12.7. The third-order valence-corrected chi connectivity index (χ3v) is 6.61. The lowest BCUT2D eigenvalue weighted by atomic mass is 10.2. The van der Waals surface area contributed by atoms with E-state index in [0.29, 0.717) is 46.9 Å². The zero-order valence-electron chi connectivity index (χ0n) is 16.9. The number of rotatable bonds is 7. The number of anilines is 1. The number of carbonyl (C=O) groups excluding carboxylic acids is 1. The highest BCUT2D eigenvalue weighted by atomic mass is 35.5. The summed E-state index contributed by atoms with van der Waals surface area (Å²) in [6, 6.07) is 18.3. The Morgan fingerprint density at radius 1 is 0.969 bits per heavy atom. The molecule has 0 unspecified atom stereocenters. The Labute approximate surface area is 190 Å². The Bertz CT molecular complexity index is 1230. The molecule has 1 heterocycles. The van der Waals surface area contributed by atoms with Crippen molar-refractivity contribution in [3.05, 3.63) is 71.8 Å².